The molecule has 0 spiro atoms. The van der Waals surface area contributed by atoms with E-state index in [1.54, 1.807) is 0 Å². The molecule has 0 aromatic carbocycles. The molecule has 1 aliphatic heterocycles. The maximum absolute atomic E-state index is 11.7. The van der Waals surface area contributed by atoms with Crippen molar-refractivity contribution in [2.24, 2.45) is 0 Å². The largest absolute Gasteiger partial charge is 0.480 e. The Morgan fingerprint density at radius 3 is 2.89 bits per heavy atom. The number of carboxylic acids is 1. The maximum Gasteiger partial charge on any atom is 0.326 e. The van der Waals surface area contributed by atoms with E-state index >= 15 is 0 Å². The van der Waals surface area contributed by atoms with Crippen LogP contribution in [0.25, 0.3) is 0 Å². The van der Waals surface area contributed by atoms with Crippen LogP contribution in [0.1, 0.15) is 19.8 Å². The van der Waals surface area contributed by atoms with Crippen LogP contribution >= 0.6 is 0 Å². The fourth-order valence-electron chi connectivity index (χ4n) is 1.84. The number of carbonyl (C=O) groups is 2. The number of hydrogen-bond acceptors (Lipinski definition) is 3. The molecule has 0 aromatic rings. The van der Waals surface area contributed by atoms with Gasteiger partial charge in [-0.2, -0.15) is 0 Å². The van der Waals surface area contributed by atoms with Crippen molar-refractivity contribution in [3.63, 3.8) is 0 Å². The summed E-state index contributed by atoms with van der Waals surface area (Å²) in [7, 11) is 0. The molecule has 2 amide bonds. The second-order valence-electron chi connectivity index (χ2n) is 4.43. The summed E-state index contributed by atoms with van der Waals surface area (Å²) in [5.74, 6) is -0.943. The molecule has 1 rings (SSSR count). The Kier molecular flexibility index (Phi) is 5.64. The van der Waals surface area contributed by atoms with Crippen LogP contribution in [0.15, 0.2) is 12.2 Å². The average molecular weight is 256 g/mol. The number of urea groups is 1. The first-order valence-corrected chi connectivity index (χ1v) is 6.01. The molecular weight excluding hydrogens is 236 g/mol. The quantitative estimate of drug-likeness (QED) is 0.545. The van der Waals surface area contributed by atoms with Gasteiger partial charge in [-0.15, -0.1) is 0 Å². The minimum absolute atomic E-state index is 0.334. The van der Waals surface area contributed by atoms with Gasteiger partial charge in [-0.1, -0.05) is 12.2 Å². The van der Waals surface area contributed by atoms with Gasteiger partial charge in [0.15, 0.2) is 0 Å². The van der Waals surface area contributed by atoms with E-state index in [2.05, 4.69) is 11.9 Å². The van der Waals surface area contributed by atoms with E-state index in [9.17, 15) is 9.59 Å². The fraction of sp³-hybridized carbons (Fsp3) is 0.667. The van der Waals surface area contributed by atoms with Gasteiger partial charge < -0.3 is 20.1 Å². The van der Waals surface area contributed by atoms with Crippen molar-refractivity contribution >= 4 is 12.0 Å². The van der Waals surface area contributed by atoms with Crippen LogP contribution in [0, 0.1) is 0 Å². The van der Waals surface area contributed by atoms with Gasteiger partial charge in [-0.05, 0) is 19.8 Å². The third kappa shape index (κ3) is 4.37. The molecule has 1 heterocycles. The molecule has 1 atom stereocenters. The zero-order valence-corrected chi connectivity index (χ0v) is 10.6. The monoisotopic (exact) mass is 256 g/mol. The van der Waals surface area contributed by atoms with Crippen LogP contribution in [0.3, 0.4) is 0 Å². The van der Waals surface area contributed by atoms with Crippen molar-refractivity contribution in [1.82, 2.24) is 10.2 Å². The number of aliphatic carboxylic acids is 1. The number of carbonyl (C=O) groups excluding carboxylic acids is 1. The molecule has 1 fully saturated rings. The van der Waals surface area contributed by atoms with Gasteiger partial charge in [0, 0.05) is 13.1 Å². The Morgan fingerprint density at radius 2 is 2.28 bits per heavy atom. The zero-order valence-electron chi connectivity index (χ0n) is 10.6. The van der Waals surface area contributed by atoms with Crippen LogP contribution in [-0.4, -0.2) is 54.4 Å². The summed E-state index contributed by atoms with van der Waals surface area (Å²) in [4.78, 5) is 24.0. The molecule has 0 unspecified atom stereocenters. The molecule has 0 saturated carbocycles. The second-order valence-corrected chi connectivity index (χ2v) is 4.43. The number of ether oxygens (including phenoxy) is 1. The van der Waals surface area contributed by atoms with Gasteiger partial charge in [-0.25, -0.2) is 9.59 Å². The highest BCUT2D eigenvalue weighted by molar-refractivity contribution is 5.83. The van der Waals surface area contributed by atoms with E-state index in [4.69, 9.17) is 9.84 Å². The molecule has 102 valence electrons. The first-order valence-electron chi connectivity index (χ1n) is 6.01. The SMILES string of the molecule is C=C(C)COCCNC(=O)N1CCC[C@H]1C(=O)O. The van der Waals surface area contributed by atoms with Crippen LogP contribution in [0.2, 0.25) is 0 Å². The normalized spacial score (nSPS) is 18.7. The number of nitrogens with one attached hydrogen (secondary N) is 1. The van der Waals surface area contributed by atoms with Crippen molar-refractivity contribution < 1.29 is 19.4 Å². The average Bonchev–Trinajstić information content (AvgIpc) is 2.76. The van der Waals surface area contributed by atoms with E-state index in [0.717, 1.165) is 12.0 Å². The standard InChI is InChI=1S/C12H20N2O4/c1-9(2)8-18-7-5-13-12(17)14-6-3-4-10(14)11(15)16/h10H,1,3-8H2,2H3,(H,13,17)(H,15,16)/t10-/m0/s1. The number of nitrogens with zero attached hydrogens (tertiary/aromatic N) is 1. The van der Waals surface area contributed by atoms with E-state index in [0.29, 0.717) is 32.7 Å². The maximum atomic E-state index is 11.7. The molecule has 0 bridgehead atoms. The Hall–Kier alpha value is -1.56. The van der Waals surface area contributed by atoms with Gasteiger partial charge in [-0.3, -0.25) is 0 Å². The van der Waals surface area contributed by atoms with Gasteiger partial charge in [0.2, 0.25) is 0 Å². The van der Waals surface area contributed by atoms with E-state index in [1.165, 1.54) is 4.90 Å². The van der Waals surface area contributed by atoms with Crippen LogP contribution in [-0.2, 0) is 9.53 Å². The summed E-state index contributed by atoms with van der Waals surface area (Å²) in [6.45, 7) is 7.28. The van der Waals surface area contributed by atoms with Crippen LogP contribution in [0.4, 0.5) is 4.79 Å². The molecule has 0 radical (unpaired) electrons. The predicted molar refractivity (Wildman–Crippen MR) is 66.4 cm³/mol. The lowest BCUT2D eigenvalue weighted by Gasteiger charge is -2.21. The lowest BCUT2D eigenvalue weighted by molar-refractivity contribution is -0.141. The Labute approximate surface area is 107 Å². The lowest BCUT2D eigenvalue weighted by Crippen LogP contribution is -2.46. The third-order valence-electron chi connectivity index (χ3n) is 2.67. The van der Waals surface area contributed by atoms with Gasteiger partial charge >= 0.3 is 12.0 Å². The highest BCUT2D eigenvalue weighted by Crippen LogP contribution is 2.16. The van der Waals surface area contributed by atoms with Crippen LogP contribution < -0.4 is 5.32 Å². The third-order valence-corrected chi connectivity index (χ3v) is 2.67. The first kappa shape index (κ1) is 14.5. The Balaban J connectivity index is 2.24. The highest BCUT2D eigenvalue weighted by Gasteiger charge is 2.33. The lowest BCUT2D eigenvalue weighted by atomic mass is 10.2. The number of amides is 2. The predicted octanol–water partition coefficient (Wildman–Crippen LogP) is 0.838. The van der Waals surface area contributed by atoms with Crippen LogP contribution in [0.5, 0.6) is 0 Å². The molecule has 0 aromatic heterocycles. The van der Waals surface area contributed by atoms with Crippen molar-refractivity contribution in [2.75, 3.05) is 26.3 Å². The molecule has 6 heteroatoms. The Morgan fingerprint density at radius 1 is 1.56 bits per heavy atom. The molecule has 0 aliphatic carbocycles. The van der Waals surface area contributed by atoms with Gasteiger partial charge in [0.05, 0.1) is 13.2 Å². The van der Waals surface area contributed by atoms with Gasteiger partial charge in [0.1, 0.15) is 6.04 Å². The van der Waals surface area contributed by atoms with Crippen molar-refractivity contribution in [1.29, 1.82) is 0 Å². The van der Waals surface area contributed by atoms with E-state index < -0.39 is 12.0 Å². The topological polar surface area (TPSA) is 78.9 Å². The smallest absolute Gasteiger partial charge is 0.326 e. The number of carboxylic acid groups (broad SMARTS) is 1. The molecule has 1 aliphatic rings. The fourth-order valence-corrected chi connectivity index (χ4v) is 1.84. The summed E-state index contributed by atoms with van der Waals surface area (Å²) in [5.41, 5.74) is 0.923. The molecule has 1 saturated heterocycles. The van der Waals surface area contributed by atoms with E-state index in [-0.39, 0.29) is 6.03 Å². The highest BCUT2D eigenvalue weighted by atomic mass is 16.5. The molecule has 18 heavy (non-hydrogen) atoms. The van der Waals surface area contributed by atoms with Crippen molar-refractivity contribution in [2.45, 2.75) is 25.8 Å². The summed E-state index contributed by atoms with van der Waals surface area (Å²) in [6, 6.07) is -1.03. The Bertz CT molecular complexity index is 330. The van der Waals surface area contributed by atoms with Crippen molar-refractivity contribution in [3.05, 3.63) is 12.2 Å². The number of hydrogen-bond donors (Lipinski definition) is 2. The number of rotatable bonds is 6. The zero-order chi connectivity index (χ0) is 13.5. The minimum atomic E-state index is -0.943. The summed E-state index contributed by atoms with van der Waals surface area (Å²) in [6.07, 6.45) is 1.26. The first-order chi connectivity index (χ1) is 8.52. The molecular formula is C12H20N2O4. The molecule has 2 N–H and O–H groups in total. The summed E-state index contributed by atoms with van der Waals surface area (Å²) >= 11 is 0. The van der Waals surface area contributed by atoms with E-state index in [1.807, 2.05) is 6.92 Å². The van der Waals surface area contributed by atoms with Crippen molar-refractivity contribution in [3.8, 4) is 0 Å². The second kappa shape index (κ2) is 7.00. The van der Waals surface area contributed by atoms with Gasteiger partial charge in [0.25, 0.3) is 0 Å². The summed E-state index contributed by atoms with van der Waals surface area (Å²) in [5, 5.41) is 11.6. The number of likely N-dealkylation sites (tertiary alicyclic amines) is 1. The summed E-state index contributed by atoms with van der Waals surface area (Å²) < 4.78 is 5.23. The molecule has 6 nitrogen and oxygen atoms in total. The minimum Gasteiger partial charge on any atom is -0.480 e.